The maximum atomic E-state index is 13.2. The number of amides is 2. The lowest BCUT2D eigenvalue weighted by atomic mass is 10.1. The fraction of sp³-hybridized carbons (Fsp3) is 0.438. The smallest absolute Gasteiger partial charge is 0.435 e. The molecule has 1 saturated heterocycles. The highest BCUT2D eigenvalue weighted by Gasteiger charge is 2.29. The van der Waals surface area contributed by atoms with Gasteiger partial charge < -0.3 is 29.5 Å². The Morgan fingerprint density at radius 3 is 2.42 bits per heavy atom. The number of nitrogens with one attached hydrogen (secondary N) is 3. The fourth-order valence-electron chi connectivity index (χ4n) is 4.57. The molecular weight excluding hydrogens is 548 g/mol. The second-order valence-electron chi connectivity index (χ2n) is 12.4. The van der Waals surface area contributed by atoms with Gasteiger partial charge in [0.05, 0.1) is 16.7 Å². The number of hydrazine groups is 1. The van der Waals surface area contributed by atoms with E-state index in [-0.39, 0.29) is 12.0 Å². The number of allylic oxidation sites excluding steroid dienone is 1. The van der Waals surface area contributed by atoms with Crippen molar-refractivity contribution in [3.05, 3.63) is 66.0 Å². The Balaban J connectivity index is 1.76. The van der Waals surface area contributed by atoms with Crippen molar-refractivity contribution in [2.24, 2.45) is 0 Å². The molecule has 1 fully saturated rings. The van der Waals surface area contributed by atoms with E-state index in [1.165, 1.54) is 6.21 Å². The van der Waals surface area contributed by atoms with E-state index >= 15 is 0 Å². The van der Waals surface area contributed by atoms with Crippen molar-refractivity contribution < 1.29 is 23.8 Å². The fourth-order valence-corrected chi connectivity index (χ4v) is 4.57. The minimum Gasteiger partial charge on any atom is -0.443 e. The third kappa shape index (κ3) is 8.81. The minimum absolute atomic E-state index is 0.110. The molecule has 43 heavy (non-hydrogen) atoms. The number of carbonyl (C=O) groups is 2. The zero-order valence-electron chi connectivity index (χ0n) is 25.8. The Morgan fingerprint density at radius 1 is 1.07 bits per heavy atom. The van der Waals surface area contributed by atoms with Crippen molar-refractivity contribution in [3.63, 3.8) is 0 Å². The predicted octanol–water partition coefficient (Wildman–Crippen LogP) is 6.37. The third-order valence-electron chi connectivity index (χ3n) is 6.39. The Hall–Kier alpha value is -4.38. The van der Waals surface area contributed by atoms with Gasteiger partial charge in [-0.3, -0.25) is 0 Å². The first kappa shape index (κ1) is 31.6. The highest BCUT2D eigenvalue weighted by molar-refractivity contribution is 6.09. The maximum Gasteiger partial charge on any atom is 0.435 e. The van der Waals surface area contributed by atoms with Gasteiger partial charge in [0, 0.05) is 31.1 Å². The molecule has 1 aliphatic heterocycles. The van der Waals surface area contributed by atoms with E-state index in [0.29, 0.717) is 24.2 Å². The number of ether oxygens (including phenoxy) is 3. The van der Waals surface area contributed by atoms with E-state index in [2.05, 4.69) is 15.3 Å². The molecule has 1 unspecified atom stereocenters. The van der Waals surface area contributed by atoms with Crippen LogP contribution in [-0.4, -0.2) is 52.0 Å². The van der Waals surface area contributed by atoms with Crippen molar-refractivity contribution in [1.29, 1.82) is 5.41 Å². The normalized spacial score (nSPS) is 16.0. The number of nitrogens with zero attached hydrogens (tertiary/aromatic N) is 3. The molecule has 0 saturated carbocycles. The van der Waals surface area contributed by atoms with E-state index in [0.717, 1.165) is 41.0 Å². The molecule has 4 rings (SSSR count). The zero-order valence-corrected chi connectivity index (χ0v) is 25.8. The predicted molar refractivity (Wildman–Crippen MR) is 167 cm³/mol. The molecule has 0 spiro atoms. The quantitative estimate of drug-likeness (QED) is 0.215. The molecule has 230 valence electrons. The Bertz CT molecular complexity index is 1460. The van der Waals surface area contributed by atoms with Crippen LogP contribution in [0, 0.1) is 5.41 Å². The largest absolute Gasteiger partial charge is 0.443 e. The van der Waals surface area contributed by atoms with Crippen LogP contribution < -0.4 is 15.8 Å². The summed E-state index contributed by atoms with van der Waals surface area (Å²) in [6, 6.07) is 15.3. The Labute approximate surface area is 252 Å². The number of fused-ring (bicyclic) bond motifs is 1. The average Bonchev–Trinajstić information content (AvgIpc) is 3.28. The van der Waals surface area contributed by atoms with Crippen molar-refractivity contribution in [2.75, 3.05) is 11.6 Å². The van der Waals surface area contributed by atoms with Crippen LogP contribution in [0.2, 0.25) is 0 Å². The summed E-state index contributed by atoms with van der Waals surface area (Å²) in [5.74, 6) is 0.144. The zero-order chi connectivity index (χ0) is 31.2. The topological polar surface area (TPSA) is 131 Å². The van der Waals surface area contributed by atoms with Crippen molar-refractivity contribution in [1.82, 2.24) is 20.3 Å². The molecule has 0 bridgehead atoms. The van der Waals surface area contributed by atoms with Gasteiger partial charge in [0.15, 0.2) is 5.82 Å². The molecule has 3 N–H and O–H groups in total. The van der Waals surface area contributed by atoms with Crippen molar-refractivity contribution in [3.8, 4) is 0 Å². The molecule has 0 radical (unpaired) electrons. The first-order chi connectivity index (χ1) is 20.3. The number of benzene rings is 1. The maximum absolute atomic E-state index is 13.2. The van der Waals surface area contributed by atoms with Crippen LogP contribution >= 0.6 is 0 Å². The van der Waals surface area contributed by atoms with Crippen LogP contribution in [0.25, 0.3) is 16.6 Å². The van der Waals surface area contributed by atoms with Crippen LogP contribution in [0.4, 0.5) is 15.4 Å². The summed E-state index contributed by atoms with van der Waals surface area (Å²) >= 11 is 0. The highest BCUT2D eigenvalue weighted by Crippen LogP contribution is 2.28. The summed E-state index contributed by atoms with van der Waals surface area (Å²) in [7, 11) is 0. The molecular formula is C32H42N6O5. The van der Waals surface area contributed by atoms with Gasteiger partial charge in [0.2, 0.25) is 0 Å². The summed E-state index contributed by atoms with van der Waals surface area (Å²) in [5, 5.41) is 12.5. The molecule has 1 atom stereocenters. The van der Waals surface area contributed by atoms with Crippen LogP contribution in [0.1, 0.15) is 72.1 Å². The lowest BCUT2D eigenvalue weighted by molar-refractivity contribution is 0.00347. The summed E-state index contributed by atoms with van der Waals surface area (Å²) in [4.78, 5) is 30.7. The summed E-state index contributed by atoms with van der Waals surface area (Å²) in [6.07, 6.45) is 4.37. The second-order valence-corrected chi connectivity index (χ2v) is 12.4. The first-order valence-electron chi connectivity index (χ1n) is 14.5. The number of carbonyl (C=O) groups excluding carboxylic acids is 2. The lowest BCUT2D eigenvalue weighted by Gasteiger charge is -2.28. The van der Waals surface area contributed by atoms with E-state index in [9.17, 15) is 9.59 Å². The third-order valence-corrected chi connectivity index (χ3v) is 6.39. The summed E-state index contributed by atoms with van der Waals surface area (Å²) in [6.45, 7) is 11.6. The van der Waals surface area contributed by atoms with E-state index in [4.69, 9.17) is 24.6 Å². The molecule has 1 aliphatic rings. The SMILES string of the molecule is CC(C)(C)OC(=O)NN(C(=O)OC(C)(C)C)c1ccc2c(cc(/C(C=N)=C/NC3CCCCO3)n2Cc2ccccc2)n1. The van der Waals surface area contributed by atoms with Crippen molar-refractivity contribution in [2.45, 2.75) is 84.8 Å². The average molecular weight is 591 g/mol. The van der Waals surface area contributed by atoms with Gasteiger partial charge in [-0.05, 0) is 84.6 Å². The number of aromatic nitrogens is 2. The molecule has 0 aliphatic carbocycles. The number of hydrogen-bond acceptors (Lipinski definition) is 8. The Morgan fingerprint density at radius 2 is 1.79 bits per heavy atom. The molecule has 2 amide bonds. The molecule has 11 nitrogen and oxygen atoms in total. The van der Waals surface area contributed by atoms with Crippen LogP contribution in [0.3, 0.4) is 0 Å². The molecule has 2 aromatic heterocycles. The van der Waals surface area contributed by atoms with Gasteiger partial charge in [-0.25, -0.2) is 20.0 Å². The highest BCUT2D eigenvalue weighted by atomic mass is 16.6. The number of pyridine rings is 1. The van der Waals surface area contributed by atoms with Crippen LogP contribution in [-0.2, 0) is 20.8 Å². The van der Waals surface area contributed by atoms with Gasteiger partial charge in [0.25, 0.3) is 0 Å². The Kier molecular flexibility index (Phi) is 9.75. The number of anilines is 1. The van der Waals surface area contributed by atoms with Gasteiger partial charge in [-0.15, -0.1) is 0 Å². The number of hydrogen-bond donors (Lipinski definition) is 3. The standard InChI is InChI=1S/C32H42N6O5/c1-31(2,3)42-29(39)36-38(30(40)43-32(4,5)6)27-16-15-25-24(35-27)18-26(37(25)21-22-12-8-7-9-13-22)23(19-33)20-34-28-14-10-11-17-41-28/h7-9,12-13,15-16,18-20,28,33-34H,10-11,14,17,21H2,1-6H3,(H,36,39)/b23-20+,33-19?. The van der Waals surface area contributed by atoms with E-state index < -0.39 is 23.4 Å². The van der Waals surface area contributed by atoms with Gasteiger partial charge in [-0.2, -0.15) is 5.01 Å². The van der Waals surface area contributed by atoms with Gasteiger partial charge in [0.1, 0.15) is 17.4 Å². The first-order valence-corrected chi connectivity index (χ1v) is 14.5. The van der Waals surface area contributed by atoms with E-state index in [1.54, 1.807) is 53.8 Å². The van der Waals surface area contributed by atoms with Crippen molar-refractivity contribution >= 4 is 40.8 Å². The second kappa shape index (κ2) is 13.3. The number of rotatable bonds is 7. The minimum atomic E-state index is -0.826. The lowest BCUT2D eigenvalue weighted by Crippen LogP contribution is -2.50. The van der Waals surface area contributed by atoms with Gasteiger partial charge >= 0.3 is 12.2 Å². The molecule has 1 aromatic carbocycles. The molecule has 3 heterocycles. The van der Waals surface area contributed by atoms with E-state index in [1.807, 2.05) is 42.5 Å². The summed E-state index contributed by atoms with van der Waals surface area (Å²) < 4.78 is 18.8. The van der Waals surface area contributed by atoms with Crippen LogP contribution in [0.15, 0.2) is 54.7 Å². The van der Waals surface area contributed by atoms with Crippen LogP contribution in [0.5, 0.6) is 0 Å². The van der Waals surface area contributed by atoms with Gasteiger partial charge in [-0.1, -0.05) is 30.3 Å². The molecule has 3 aromatic rings. The molecule has 11 heteroatoms. The summed E-state index contributed by atoms with van der Waals surface area (Å²) in [5.41, 5.74) is 4.69. The monoisotopic (exact) mass is 590 g/mol.